The van der Waals surface area contributed by atoms with Crippen LogP contribution in [0.4, 0.5) is 0 Å². The molecule has 0 bridgehead atoms. The monoisotopic (exact) mass is 321 g/mol. The van der Waals surface area contributed by atoms with Crippen molar-refractivity contribution in [3.05, 3.63) is 15.9 Å². The SMILES string of the molecule is CCN(CC)CCSc1nc(O)c(C(C)C)c(=O)[nH]1.Cl. The summed E-state index contributed by atoms with van der Waals surface area (Å²) in [6.07, 6.45) is 0. The van der Waals surface area contributed by atoms with Crippen molar-refractivity contribution in [2.75, 3.05) is 25.4 Å². The lowest BCUT2D eigenvalue weighted by molar-refractivity contribution is 0.324. The molecule has 1 heterocycles. The number of halogens is 1. The largest absolute Gasteiger partial charge is 0.493 e. The van der Waals surface area contributed by atoms with Crippen LogP contribution in [-0.4, -0.2) is 45.4 Å². The fourth-order valence-electron chi connectivity index (χ4n) is 1.85. The van der Waals surface area contributed by atoms with Gasteiger partial charge in [0.2, 0.25) is 5.88 Å². The van der Waals surface area contributed by atoms with Crippen LogP contribution in [0.2, 0.25) is 0 Å². The van der Waals surface area contributed by atoms with Crippen molar-refractivity contribution in [1.82, 2.24) is 14.9 Å². The highest BCUT2D eigenvalue weighted by Crippen LogP contribution is 2.21. The molecule has 1 aromatic heterocycles. The Balaban J connectivity index is 0.00000361. The molecule has 0 aromatic carbocycles. The molecule has 0 saturated carbocycles. The first-order valence-electron chi connectivity index (χ1n) is 6.67. The second-order valence-corrected chi connectivity index (χ2v) is 5.72. The van der Waals surface area contributed by atoms with Crippen LogP contribution >= 0.6 is 24.2 Å². The number of aromatic hydroxyl groups is 1. The Labute approximate surface area is 130 Å². The smallest absolute Gasteiger partial charge is 0.258 e. The van der Waals surface area contributed by atoms with Crippen LogP contribution in [0.5, 0.6) is 5.88 Å². The third-order valence-electron chi connectivity index (χ3n) is 3.03. The molecular formula is C13H24ClN3O2S. The molecule has 20 heavy (non-hydrogen) atoms. The van der Waals surface area contributed by atoms with Crippen LogP contribution in [0.15, 0.2) is 9.95 Å². The molecule has 0 saturated heterocycles. The number of rotatable bonds is 7. The van der Waals surface area contributed by atoms with E-state index in [2.05, 4.69) is 28.7 Å². The van der Waals surface area contributed by atoms with Gasteiger partial charge in [-0.25, -0.2) is 0 Å². The Morgan fingerprint density at radius 1 is 1.35 bits per heavy atom. The van der Waals surface area contributed by atoms with Crippen LogP contribution in [0.25, 0.3) is 0 Å². The molecule has 0 amide bonds. The zero-order chi connectivity index (χ0) is 14.4. The normalized spacial score (nSPS) is 10.9. The van der Waals surface area contributed by atoms with E-state index in [1.165, 1.54) is 11.8 Å². The van der Waals surface area contributed by atoms with Crippen molar-refractivity contribution in [2.45, 2.75) is 38.8 Å². The highest BCUT2D eigenvalue weighted by atomic mass is 35.5. The number of thioether (sulfide) groups is 1. The summed E-state index contributed by atoms with van der Waals surface area (Å²) in [6.45, 7) is 10.9. The second-order valence-electron chi connectivity index (χ2n) is 4.64. The van der Waals surface area contributed by atoms with Gasteiger partial charge in [0.25, 0.3) is 5.56 Å². The molecule has 7 heteroatoms. The van der Waals surface area contributed by atoms with Crippen molar-refractivity contribution < 1.29 is 5.11 Å². The molecule has 0 radical (unpaired) electrons. The van der Waals surface area contributed by atoms with Crippen molar-refractivity contribution in [3.8, 4) is 5.88 Å². The van der Waals surface area contributed by atoms with E-state index in [-0.39, 0.29) is 29.8 Å². The minimum absolute atomic E-state index is 0. The highest BCUT2D eigenvalue weighted by Gasteiger charge is 2.14. The predicted octanol–water partition coefficient (Wildman–Crippen LogP) is 2.45. The first-order valence-corrected chi connectivity index (χ1v) is 7.66. The zero-order valence-electron chi connectivity index (χ0n) is 12.5. The Bertz CT molecular complexity index is 461. The summed E-state index contributed by atoms with van der Waals surface area (Å²) < 4.78 is 0. The van der Waals surface area contributed by atoms with E-state index in [1.54, 1.807) is 0 Å². The number of H-pyrrole nitrogens is 1. The molecule has 0 fully saturated rings. The van der Waals surface area contributed by atoms with E-state index in [1.807, 2.05) is 13.8 Å². The van der Waals surface area contributed by atoms with E-state index in [0.717, 1.165) is 25.4 Å². The minimum atomic E-state index is -0.243. The van der Waals surface area contributed by atoms with Gasteiger partial charge in [0, 0.05) is 12.3 Å². The number of hydrogen-bond acceptors (Lipinski definition) is 5. The molecule has 0 aliphatic carbocycles. The van der Waals surface area contributed by atoms with Gasteiger partial charge >= 0.3 is 0 Å². The first-order chi connectivity index (χ1) is 8.99. The lowest BCUT2D eigenvalue weighted by Crippen LogP contribution is -2.25. The van der Waals surface area contributed by atoms with Gasteiger partial charge in [0.15, 0.2) is 5.16 Å². The lowest BCUT2D eigenvalue weighted by Gasteiger charge is -2.17. The number of aromatic nitrogens is 2. The molecule has 0 aliphatic heterocycles. The van der Waals surface area contributed by atoms with Gasteiger partial charge in [0.1, 0.15) is 0 Å². The fourth-order valence-corrected chi connectivity index (χ4v) is 2.71. The van der Waals surface area contributed by atoms with Crippen molar-refractivity contribution >= 4 is 24.2 Å². The predicted molar refractivity (Wildman–Crippen MR) is 86.4 cm³/mol. The molecule has 0 spiro atoms. The Morgan fingerprint density at radius 3 is 2.40 bits per heavy atom. The summed E-state index contributed by atoms with van der Waals surface area (Å²) in [6, 6.07) is 0. The fraction of sp³-hybridized carbons (Fsp3) is 0.692. The molecule has 1 rings (SSSR count). The molecule has 1 aromatic rings. The van der Waals surface area contributed by atoms with Crippen LogP contribution in [0.3, 0.4) is 0 Å². The van der Waals surface area contributed by atoms with Crippen molar-refractivity contribution in [2.24, 2.45) is 0 Å². The van der Waals surface area contributed by atoms with Crippen LogP contribution in [-0.2, 0) is 0 Å². The van der Waals surface area contributed by atoms with Crippen LogP contribution < -0.4 is 5.56 Å². The summed E-state index contributed by atoms with van der Waals surface area (Å²) in [4.78, 5) is 20.9. The molecule has 0 unspecified atom stereocenters. The summed E-state index contributed by atoms with van der Waals surface area (Å²) in [5.41, 5.74) is 0.112. The van der Waals surface area contributed by atoms with Crippen LogP contribution in [0, 0.1) is 0 Å². The third-order valence-corrected chi connectivity index (χ3v) is 3.88. The van der Waals surface area contributed by atoms with Gasteiger partial charge in [-0.1, -0.05) is 39.5 Å². The topological polar surface area (TPSA) is 69.2 Å². The van der Waals surface area contributed by atoms with Crippen molar-refractivity contribution in [3.63, 3.8) is 0 Å². The molecular weight excluding hydrogens is 298 g/mol. The first kappa shape index (κ1) is 19.3. The summed E-state index contributed by atoms with van der Waals surface area (Å²) in [5, 5.41) is 10.3. The maximum Gasteiger partial charge on any atom is 0.258 e. The summed E-state index contributed by atoms with van der Waals surface area (Å²) in [5.74, 6) is 0.653. The summed E-state index contributed by atoms with van der Waals surface area (Å²) in [7, 11) is 0. The van der Waals surface area contributed by atoms with Crippen LogP contribution in [0.1, 0.15) is 39.2 Å². The number of hydrogen-bond donors (Lipinski definition) is 2. The Morgan fingerprint density at radius 2 is 1.95 bits per heavy atom. The Hall–Kier alpha value is -0.720. The quantitative estimate of drug-likeness (QED) is 0.596. The van der Waals surface area contributed by atoms with E-state index >= 15 is 0 Å². The van der Waals surface area contributed by atoms with E-state index in [0.29, 0.717) is 10.7 Å². The molecule has 116 valence electrons. The standard InChI is InChI=1S/C13H23N3O2S.ClH/c1-5-16(6-2)7-8-19-13-14-11(17)10(9(3)4)12(18)15-13;/h9H,5-8H2,1-4H3,(H2,14,15,17,18);1H. The molecule has 2 N–H and O–H groups in total. The number of nitrogens with zero attached hydrogens (tertiary/aromatic N) is 2. The lowest BCUT2D eigenvalue weighted by atomic mass is 10.1. The average molecular weight is 322 g/mol. The summed E-state index contributed by atoms with van der Waals surface area (Å²) >= 11 is 1.46. The third kappa shape index (κ3) is 5.34. The molecule has 5 nitrogen and oxygen atoms in total. The number of aromatic amines is 1. The van der Waals surface area contributed by atoms with Gasteiger partial charge < -0.3 is 15.0 Å². The van der Waals surface area contributed by atoms with E-state index in [9.17, 15) is 9.90 Å². The molecule has 0 atom stereocenters. The minimum Gasteiger partial charge on any atom is -0.493 e. The van der Waals surface area contributed by atoms with E-state index in [4.69, 9.17) is 0 Å². The van der Waals surface area contributed by atoms with Gasteiger partial charge in [-0.15, -0.1) is 12.4 Å². The highest BCUT2D eigenvalue weighted by molar-refractivity contribution is 7.99. The maximum absolute atomic E-state index is 11.8. The van der Waals surface area contributed by atoms with Crippen molar-refractivity contribution in [1.29, 1.82) is 0 Å². The van der Waals surface area contributed by atoms with E-state index < -0.39 is 0 Å². The van der Waals surface area contributed by atoms with Gasteiger partial charge in [-0.05, 0) is 19.0 Å². The average Bonchev–Trinajstić information content (AvgIpc) is 2.33. The van der Waals surface area contributed by atoms with Gasteiger partial charge in [-0.3, -0.25) is 4.79 Å². The number of nitrogens with one attached hydrogen (secondary N) is 1. The zero-order valence-corrected chi connectivity index (χ0v) is 14.1. The van der Waals surface area contributed by atoms with Gasteiger partial charge in [-0.2, -0.15) is 4.98 Å². The molecule has 0 aliphatic rings. The Kier molecular flexibility index (Phi) is 8.93. The van der Waals surface area contributed by atoms with Gasteiger partial charge in [0.05, 0.1) is 5.56 Å². The second kappa shape index (κ2) is 9.26. The maximum atomic E-state index is 11.8.